The summed E-state index contributed by atoms with van der Waals surface area (Å²) in [6.45, 7) is 0. The van der Waals surface area contributed by atoms with Gasteiger partial charge in [0.25, 0.3) is 5.91 Å². The number of thiophene rings is 1. The number of carbonyl (C=O) groups is 2. The molecule has 27 heavy (non-hydrogen) atoms. The minimum absolute atomic E-state index is 0.212. The molecular formula is C19H12Cl3NO3S. The Morgan fingerprint density at radius 3 is 2.37 bits per heavy atom. The summed E-state index contributed by atoms with van der Waals surface area (Å²) in [5.74, 6) is -1.04. The number of benzene rings is 2. The molecule has 0 bridgehead atoms. The fraction of sp³-hybridized carbons (Fsp3) is 0.0526. The molecule has 1 N–H and O–H groups in total. The van der Waals surface area contributed by atoms with Crippen LogP contribution in [0.1, 0.15) is 20.7 Å². The van der Waals surface area contributed by atoms with E-state index in [0.717, 1.165) is 10.4 Å². The number of methoxy groups -OCH3 is 1. The minimum atomic E-state index is -0.572. The Morgan fingerprint density at radius 2 is 1.74 bits per heavy atom. The maximum Gasteiger partial charge on any atom is 0.339 e. The molecule has 0 spiro atoms. The second-order valence-electron chi connectivity index (χ2n) is 5.43. The predicted molar refractivity (Wildman–Crippen MR) is 111 cm³/mol. The molecule has 2 aromatic carbocycles. The zero-order valence-corrected chi connectivity index (χ0v) is 17.0. The molecule has 0 aliphatic carbocycles. The highest BCUT2D eigenvalue weighted by Crippen LogP contribution is 2.33. The van der Waals surface area contributed by atoms with Gasteiger partial charge in [0, 0.05) is 9.90 Å². The van der Waals surface area contributed by atoms with Crippen molar-refractivity contribution in [2.24, 2.45) is 0 Å². The fourth-order valence-corrected chi connectivity index (χ4v) is 3.95. The van der Waals surface area contributed by atoms with E-state index >= 15 is 0 Å². The summed E-state index contributed by atoms with van der Waals surface area (Å²) in [5, 5.41) is 3.33. The number of anilines is 1. The van der Waals surface area contributed by atoms with Crippen LogP contribution in [0.15, 0.2) is 48.5 Å². The van der Waals surface area contributed by atoms with Gasteiger partial charge in [0.15, 0.2) is 0 Å². The Balaban J connectivity index is 1.96. The smallest absolute Gasteiger partial charge is 0.339 e. The first-order chi connectivity index (χ1) is 12.9. The topological polar surface area (TPSA) is 55.4 Å². The van der Waals surface area contributed by atoms with Crippen LogP contribution >= 0.6 is 46.1 Å². The molecule has 0 saturated heterocycles. The van der Waals surface area contributed by atoms with Crippen LogP contribution in [0.25, 0.3) is 10.4 Å². The lowest BCUT2D eigenvalue weighted by Gasteiger charge is -2.12. The molecule has 0 unspecified atom stereocenters. The number of nitrogens with one attached hydrogen (secondary N) is 1. The van der Waals surface area contributed by atoms with E-state index in [9.17, 15) is 9.59 Å². The van der Waals surface area contributed by atoms with Crippen molar-refractivity contribution in [1.82, 2.24) is 0 Å². The number of ether oxygens (including phenoxy) is 1. The van der Waals surface area contributed by atoms with Gasteiger partial charge in [-0.05, 0) is 48.0 Å². The molecule has 138 valence electrons. The third kappa shape index (κ3) is 4.45. The highest BCUT2D eigenvalue weighted by molar-refractivity contribution is 7.19. The second kappa shape index (κ2) is 8.31. The number of amides is 1. The van der Waals surface area contributed by atoms with Crippen molar-refractivity contribution >= 4 is 63.7 Å². The van der Waals surface area contributed by atoms with E-state index in [-0.39, 0.29) is 16.1 Å². The summed E-state index contributed by atoms with van der Waals surface area (Å²) in [4.78, 5) is 25.7. The quantitative estimate of drug-likeness (QED) is 0.477. The normalized spacial score (nSPS) is 10.5. The van der Waals surface area contributed by atoms with Crippen molar-refractivity contribution in [3.8, 4) is 10.4 Å². The Kier molecular flexibility index (Phi) is 6.07. The van der Waals surface area contributed by atoms with Gasteiger partial charge in [-0.3, -0.25) is 4.79 Å². The first-order valence-electron chi connectivity index (χ1n) is 7.63. The van der Waals surface area contributed by atoms with E-state index in [4.69, 9.17) is 39.5 Å². The third-order valence-electron chi connectivity index (χ3n) is 3.71. The van der Waals surface area contributed by atoms with Crippen LogP contribution in [0.5, 0.6) is 0 Å². The van der Waals surface area contributed by atoms with Gasteiger partial charge in [0.05, 0.1) is 33.3 Å². The minimum Gasteiger partial charge on any atom is -0.465 e. The van der Waals surface area contributed by atoms with E-state index in [1.165, 1.54) is 30.6 Å². The average Bonchev–Trinajstić information content (AvgIpc) is 3.07. The lowest BCUT2D eigenvalue weighted by Crippen LogP contribution is -2.16. The molecule has 4 nitrogen and oxygen atoms in total. The van der Waals surface area contributed by atoms with Gasteiger partial charge >= 0.3 is 5.97 Å². The molecule has 3 aromatic rings. The SMILES string of the molecule is COC(=O)c1cc(-c2ccc(Cl)s2)ccc1NC(=O)c1ccc(Cl)cc1Cl. The molecule has 1 heterocycles. The summed E-state index contributed by atoms with van der Waals surface area (Å²) < 4.78 is 5.48. The standard InChI is InChI=1S/C19H12Cl3NO3S/c1-26-19(25)13-8-10(16-6-7-17(22)27-16)2-5-15(13)23-18(24)12-4-3-11(20)9-14(12)21/h2-9H,1H3,(H,23,24). The van der Waals surface area contributed by atoms with Crippen molar-refractivity contribution in [2.45, 2.75) is 0 Å². The van der Waals surface area contributed by atoms with Crippen LogP contribution < -0.4 is 5.32 Å². The van der Waals surface area contributed by atoms with Crippen LogP contribution in [-0.2, 0) is 4.74 Å². The van der Waals surface area contributed by atoms with Gasteiger partial charge in [0.2, 0.25) is 0 Å². The van der Waals surface area contributed by atoms with Crippen LogP contribution in [0.4, 0.5) is 5.69 Å². The molecule has 3 rings (SSSR count). The molecule has 1 aromatic heterocycles. The molecule has 0 aliphatic heterocycles. The molecular weight excluding hydrogens is 429 g/mol. The molecule has 0 atom stereocenters. The number of hydrogen-bond donors (Lipinski definition) is 1. The van der Waals surface area contributed by atoms with Gasteiger partial charge in [0.1, 0.15) is 0 Å². The molecule has 0 radical (unpaired) electrons. The maximum atomic E-state index is 12.6. The van der Waals surface area contributed by atoms with E-state index < -0.39 is 11.9 Å². The molecule has 8 heteroatoms. The van der Waals surface area contributed by atoms with Gasteiger partial charge in [-0.25, -0.2) is 4.79 Å². The first-order valence-corrected chi connectivity index (χ1v) is 9.58. The van der Waals surface area contributed by atoms with E-state index in [1.807, 2.05) is 6.07 Å². The Labute approximate surface area is 174 Å². The van der Waals surface area contributed by atoms with Crippen LogP contribution in [-0.4, -0.2) is 19.0 Å². The molecule has 0 saturated carbocycles. The van der Waals surface area contributed by atoms with Gasteiger partial charge < -0.3 is 10.1 Å². The highest BCUT2D eigenvalue weighted by atomic mass is 35.5. The lowest BCUT2D eigenvalue weighted by atomic mass is 10.1. The predicted octanol–water partition coefficient (Wildman–Crippen LogP) is 6.41. The summed E-state index contributed by atoms with van der Waals surface area (Å²) in [5.41, 5.74) is 1.56. The first kappa shape index (κ1) is 19.7. The average molecular weight is 441 g/mol. The number of halogens is 3. The summed E-state index contributed by atoms with van der Waals surface area (Å²) in [6.07, 6.45) is 0. The van der Waals surface area contributed by atoms with Crippen LogP contribution in [0.2, 0.25) is 14.4 Å². The number of hydrogen-bond acceptors (Lipinski definition) is 4. The van der Waals surface area contributed by atoms with Gasteiger partial charge in [-0.1, -0.05) is 40.9 Å². The highest BCUT2D eigenvalue weighted by Gasteiger charge is 2.18. The summed E-state index contributed by atoms with van der Waals surface area (Å²) >= 11 is 19.3. The second-order valence-corrected chi connectivity index (χ2v) is 7.99. The number of esters is 1. The Morgan fingerprint density at radius 1 is 0.963 bits per heavy atom. The van der Waals surface area contributed by atoms with Crippen molar-refractivity contribution in [1.29, 1.82) is 0 Å². The van der Waals surface area contributed by atoms with Crippen molar-refractivity contribution in [2.75, 3.05) is 12.4 Å². The molecule has 0 aliphatic rings. The van der Waals surface area contributed by atoms with Gasteiger partial charge in [-0.15, -0.1) is 11.3 Å². The van der Waals surface area contributed by atoms with Crippen LogP contribution in [0, 0.1) is 0 Å². The molecule has 0 fully saturated rings. The van der Waals surface area contributed by atoms with E-state index in [0.29, 0.717) is 15.0 Å². The monoisotopic (exact) mass is 439 g/mol. The number of carbonyl (C=O) groups excluding carboxylic acids is 2. The van der Waals surface area contributed by atoms with Gasteiger partial charge in [-0.2, -0.15) is 0 Å². The van der Waals surface area contributed by atoms with Crippen molar-refractivity contribution < 1.29 is 14.3 Å². The summed E-state index contributed by atoms with van der Waals surface area (Å²) in [6, 6.07) is 13.3. The molecule has 1 amide bonds. The Bertz CT molecular complexity index is 1030. The third-order valence-corrected chi connectivity index (χ3v) is 5.53. The van der Waals surface area contributed by atoms with Crippen molar-refractivity contribution in [3.05, 3.63) is 74.0 Å². The fourth-order valence-electron chi connectivity index (χ4n) is 2.42. The van der Waals surface area contributed by atoms with E-state index in [1.54, 1.807) is 30.3 Å². The van der Waals surface area contributed by atoms with Crippen molar-refractivity contribution in [3.63, 3.8) is 0 Å². The lowest BCUT2D eigenvalue weighted by molar-refractivity contribution is 0.0602. The zero-order valence-electron chi connectivity index (χ0n) is 13.9. The summed E-state index contributed by atoms with van der Waals surface area (Å²) in [7, 11) is 1.28. The maximum absolute atomic E-state index is 12.6. The number of rotatable bonds is 4. The zero-order chi connectivity index (χ0) is 19.6. The van der Waals surface area contributed by atoms with E-state index in [2.05, 4.69) is 5.32 Å². The van der Waals surface area contributed by atoms with Crippen LogP contribution in [0.3, 0.4) is 0 Å². The largest absolute Gasteiger partial charge is 0.465 e. The Hall–Kier alpha value is -2.05.